The molecule has 5 nitrogen and oxygen atoms in total. The molecular formula is C9H10N4O. The van der Waals surface area contributed by atoms with Crippen molar-refractivity contribution in [2.45, 2.75) is 0 Å². The van der Waals surface area contributed by atoms with Gasteiger partial charge >= 0.3 is 6.03 Å². The number of aromatic nitrogens is 1. The number of hydrazine groups is 1. The summed E-state index contributed by atoms with van der Waals surface area (Å²) in [5.41, 5.74) is 3.69. The highest BCUT2D eigenvalue weighted by Crippen LogP contribution is 2.21. The summed E-state index contributed by atoms with van der Waals surface area (Å²) < 4.78 is 0. The first-order valence-electron chi connectivity index (χ1n) is 4.15. The number of nitrogens with two attached hydrogens (primary N) is 1. The van der Waals surface area contributed by atoms with E-state index in [1.54, 1.807) is 6.20 Å². The molecule has 2 amide bonds. The average Bonchev–Trinajstić information content (AvgIpc) is 2.62. The minimum atomic E-state index is -0.435. The molecule has 2 rings (SSSR count). The Bertz CT molecular complexity index is 463. The molecule has 0 saturated carbocycles. The van der Waals surface area contributed by atoms with E-state index in [1.807, 2.05) is 29.7 Å². The number of hydrogen-bond donors (Lipinski definition) is 4. The van der Waals surface area contributed by atoms with Crippen LogP contribution in [0.15, 0.2) is 30.5 Å². The predicted molar refractivity (Wildman–Crippen MR) is 54.6 cm³/mol. The number of amides is 2. The van der Waals surface area contributed by atoms with Crippen LogP contribution in [0.4, 0.5) is 10.5 Å². The maximum atomic E-state index is 11.0. The van der Waals surface area contributed by atoms with E-state index < -0.39 is 6.03 Å². The van der Waals surface area contributed by atoms with Gasteiger partial charge in [-0.2, -0.15) is 0 Å². The average molecular weight is 190 g/mol. The summed E-state index contributed by atoms with van der Waals surface area (Å²) in [6.45, 7) is 0. The third kappa shape index (κ3) is 1.40. The zero-order chi connectivity index (χ0) is 9.97. The first kappa shape index (κ1) is 8.58. The lowest BCUT2D eigenvalue weighted by molar-refractivity contribution is 0.252. The van der Waals surface area contributed by atoms with E-state index in [0.29, 0.717) is 5.69 Å². The van der Waals surface area contributed by atoms with Gasteiger partial charge in [0.25, 0.3) is 0 Å². The van der Waals surface area contributed by atoms with Crippen LogP contribution in [0, 0.1) is 0 Å². The van der Waals surface area contributed by atoms with Crippen LogP contribution in [0.5, 0.6) is 0 Å². The number of fused-ring (bicyclic) bond motifs is 1. The molecule has 0 aliphatic carbocycles. The van der Waals surface area contributed by atoms with E-state index in [-0.39, 0.29) is 0 Å². The Morgan fingerprint density at radius 1 is 1.36 bits per heavy atom. The van der Waals surface area contributed by atoms with Crippen molar-refractivity contribution < 1.29 is 4.79 Å². The Kier molecular flexibility index (Phi) is 2.08. The van der Waals surface area contributed by atoms with Crippen LogP contribution in [-0.4, -0.2) is 11.0 Å². The molecule has 0 fully saturated rings. The number of H-pyrrole nitrogens is 1. The molecule has 0 saturated heterocycles. The highest BCUT2D eigenvalue weighted by molar-refractivity contribution is 6.00. The van der Waals surface area contributed by atoms with Crippen LogP contribution < -0.4 is 16.6 Å². The first-order chi connectivity index (χ1) is 6.81. The normalized spacial score (nSPS) is 10.1. The first-order valence-corrected chi connectivity index (χ1v) is 4.15. The Hall–Kier alpha value is -2.01. The van der Waals surface area contributed by atoms with Crippen molar-refractivity contribution >= 4 is 22.6 Å². The van der Waals surface area contributed by atoms with Gasteiger partial charge in [0.05, 0.1) is 5.69 Å². The van der Waals surface area contributed by atoms with Crippen molar-refractivity contribution in [3.8, 4) is 0 Å². The molecule has 0 radical (unpaired) electrons. The highest BCUT2D eigenvalue weighted by atomic mass is 16.2. The molecule has 0 aliphatic rings. The molecule has 2 aromatic rings. The summed E-state index contributed by atoms with van der Waals surface area (Å²) in [4.78, 5) is 14.0. The number of urea groups is 1. The summed E-state index contributed by atoms with van der Waals surface area (Å²) in [5.74, 6) is 4.96. The maximum Gasteiger partial charge on any atom is 0.333 e. The lowest BCUT2D eigenvalue weighted by atomic mass is 10.2. The maximum absolute atomic E-state index is 11.0. The van der Waals surface area contributed by atoms with Crippen molar-refractivity contribution in [3.63, 3.8) is 0 Å². The fraction of sp³-hybridized carbons (Fsp3) is 0. The number of nitrogens with one attached hydrogen (secondary N) is 3. The molecular weight excluding hydrogens is 180 g/mol. The summed E-state index contributed by atoms with van der Waals surface area (Å²) in [5, 5.41) is 3.56. The number of benzene rings is 1. The fourth-order valence-corrected chi connectivity index (χ4v) is 1.33. The molecule has 5 N–H and O–H groups in total. The lowest BCUT2D eigenvalue weighted by Crippen LogP contribution is -2.34. The zero-order valence-corrected chi connectivity index (χ0v) is 7.37. The monoisotopic (exact) mass is 190 g/mol. The number of para-hydroxylation sites is 1. The number of aromatic amines is 1. The second-order valence-corrected chi connectivity index (χ2v) is 2.85. The van der Waals surface area contributed by atoms with Crippen LogP contribution >= 0.6 is 0 Å². The molecule has 0 spiro atoms. The van der Waals surface area contributed by atoms with Crippen LogP contribution in [0.2, 0.25) is 0 Å². The molecule has 72 valence electrons. The standard InChI is InChI=1S/C9H10N4O/c10-13-9(14)12-8-5-11-7-4-2-1-3-6(7)8/h1-5,11H,10H2,(H2,12,13,14). The smallest absolute Gasteiger partial charge is 0.333 e. The van der Waals surface area contributed by atoms with Gasteiger partial charge in [-0.15, -0.1) is 0 Å². The third-order valence-electron chi connectivity index (χ3n) is 1.97. The quantitative estimate of drug-likeness (QED) is 0.309. The zero-order valence-electron chi connectivity index (χ0n) is 7.37. The molecule has 0 aliphatic heterocycles. The van der Waals surface area contributed by atoms with E-state index >= 15 is 0 Å². The topological polar surface area (TPSA) is 82.9 Å². The van der Waals surface area contributed by atoms with E-state index in [2.05, 4.69) is 10.3 Å². The minimum absolute atomic E-state index is 0.435. The second kappa shape index (κ2) is 3.39. The van der Waals surface area contributed by atoms with Crippen molar-refractivity contribution in [2.75, 3.05) is 5.32 Å². The number of hydrogen-bond acceptors (Lipinski definition) is 2. The Morgan fingerprint density at radius 3 is 2.93 bits per heavy atom. The number of carbonyl (C=O) groups excluding carboxylic acids is 1. The molecule has 0 unspecified atom stereocenters. The van der Waals surface area contributed by atoms with Gasteiger partial charge in [0.15, 0.2) is 0 Å². The van der Waals surface area contributed by atoms with Crippen molar-refractivity contribution in [2.24, 2.45) is 5.84 Å². The van der Waals surface area contributed by atoms with Crippen LogP contribution in [0.25, 0.3) is 10.9 Å². The van der Waals surface area contributed by atoms with Gasteiger partial charge in [0.2, 0.25) is 0 Å². The Morgan fingerprint density at radius 2 is 2.14 bits per heavy atom. The SMILES string of the molecule is NNC(=O)Nc1c[nH]c2ccccc12. The van der Waals surface area contributed by atoms with Gasteiger partial charge in [0.1, 0.15) is 0 Å². The van der Waals surface area contributed by atoms with Gasteiger partial charge in [-0.1, -0.05) is 18.2 Å². The molecule has 0 atom stereocenters. The number of carbonyl (C=O) groups is 1. The van der Waals surface area contributed by atoms with Crippen molar-refractivity contribution in [1.82, 2.24) is 10.4 Å². The third-order valence-corrected chi connectivity index (χ3v) is 1.97. The van der Waals surface area contributed by atoms with Crippen molar-refractivity contribution in [1.29, 1.82) is 0 Å². The van der Waals surface area contributed by atoms with E-state index in [9.17, 15) is 4.79 Å². The highest BCUT2D eigenvalue weighted by Gasteiger charge is 2.04. The molecule has 14 heavy (non-hydrogen) atoms. The van der Waals surface area contributed by atoms with Crippen LogP contribution in [-0.2, 0) is 0 Å². The minimum Gasteiger partial charge on any atom is -0.359 e. The Labute approximate surface area is 80.3 Å². The fourth-order valence-electron chi connectivity index (χ4n) is 1.33. The van der Waals surface area contributed by atoms with Gasteiger partial charge in [-0.3, -0.25) is 5.43 Å². The van der Waals surface area contributed by atoms with Gasteiger partial charge in [-0.05, 0) is 6.07 Å². The number of anilines is 1. The molecule has 1 aromatic carbocycles. The molecule has 1 aromatic heterocycles. The van der Waals surface area contributed by atoms with E-state index in [4.69, 9.17) is 5.84 Å². The van der Waals surface area contributed by atoms with Gasteiger partial charge in [-0.25, -0.2) is 10.6 Å². The number of rotatable bonds is 1. The molecule has 1 heterocycles. The summed E-state index contributed by atoms with van der Waals surface area (Å²) >= 11 is 0. The second-order valence-electron chi connectivity index (χ2n) is 2.85. The van der Waals surface area contributed by atoms with Gasteiger partial charge in [0, 0.05) is 17.1 Å². The summed E-state index contributed by atoms with van der Waals surface area (Å²) in [7, 11) is 0. The lowest BCUT2D eigenvalue weighted by Gasteiger charge is -2.01. The predicted octanol–water partition coefficient (Wildman–Crippen LogP) is 1.16. The van der Waals surface area contributed by atoms with E-state index in [1.165, 1.54) is 0 Å². The van der Waals surface area contributed by atoms with Crippen molar-refractivity contribution in [3.05, 3.63) is 30.5 Å². The van der Waals surface area contributed by atoms with E-state index in [0.717, 1.165) is 10.9 Å². The summed E-state index contributed by atoms with van der Waals surface area (Å²) in [6.07, 6.45) is 1.72. The largest absolute Gasteiger partial charge is 0.359 e. The van der Waals surface area contributed by atoms with Crippen LogP contribution in [0.1, 0.15) is 0 Å². The summed E-state index contributed by atoms with van der Waals surface area (Å²) in [6, 6.07) is 7.24. The molecule has 5 heteroatoms. The molecule has 0 bridgehead atoms. The Balaban J connectivity index is 2.38. The van der Waals surface area contributed by atoms with Gasteiger partial charge < -0.3 is 10.3 Å². The van der Waals surface area contributed by atoms with Crippen LogP contribution in [0.3, 0.4) is 0 Å².